The minimum absolute atomic E-state index is 0.337. The topological polar surface area (TPSA) is 53.3 Å². The Kier molecular flexibility index (Phi) is 6.23. The molecular formula is C25H23ClN2O3. The van der Waals surface area contributed by atoms with E-state index in [1.165, 1.54) is 0 Å². The number of nitrogens with zero attached hydrogens (tertiary/aromatic N) is 2. The van der Waals surface area contributed by atoms with E-state index in [2.05, 4.69) is 9.55 Å². The van der Waals surface area contributed by atoms with E-state index in [9.17, 15) is 4.79 Å². The number of carbonyl (C=O) groups is 1. The normalized spacial score (nSPS) is 10.9. The average molecular weight is 435 g/mol. The number of halogens is 1. The van der Waals surface area contributed by atoms with Crippen LogP contribution in [0.3, 0.4) is 0 Å². The van der Waals surface area contributed by atoms with Crippen molar-refractivity contribution in [3.8, 4) is 5.75 Å². The molecule has 0 aliphatic rings. The molecule has 1 aromatic heterocycles. The summed E-state index contributed by atoms with van der Waals surface area (Å²) in [6.07, 6.45) is 0. The van der Waals surface area contributed by atoms with Crippen molar-refractivity contribution in [3.63, 3.8) is 0 Å². The Morgan fingerprint density at radius 3 is 2.61 bits per heavy atom. The van der Waals surface area contributed by atoms with Gasteiger partial charge in [-0.15, -0.1) is 0 Å². The maximum Gasteiger partial charge on any atom is 0.338 e. The molecule has 0 spiro atoms. The van der Waals surface area contributed by atoms with Crippen LogP contribution in [-0.2, 0) is 17.9 Å². The van der Waals surface area contributed by atoms with Crippen molar-refractivity contribution in [2.24, 2.45) is 0 Å². The molecule has 0 bridgehead atoms. The number of ether oxygens (including phenoxy) is 2. The second kappa shape index (κ2) is 9.23. The van der Waals surface area contributed by atoms with Gasteiger partial charge in [-0.2, -0.15) is 0 Å². The van der Waals surface area contributed by atoms with E-state index in [0.29, 0.717) is 30.3 Å². The minimum atomic E-state index is -0.337. The number of para-hydroxylation sites is 1. The molecule has 0 radical (unpaired) electrons. The molecule has 0 saturated heterocycles. The quantitative estimate of drug-likeness (QED) is 0.345. The van der Waals surface area contributed by atoms with Crippen LogP contribution in [0.25, 0.3) is 11.0 Å². The summed E-state index contributed by atoms with van der Waals surface area (Å²) in [5.41, 5.74) is 4.17. The second-order valence-electron chi connectivity index (χ2n) is 7.20. The third-order valence-corrected chi connectivity index (χ3v) is 5.40. The van der Waals surface area contributed by atoms with E-state index in [-0.39, 0.29) is 5.97 Å². The third-order valence-electron chi connectivity index (χ3n) is 5.04. The first kappa shape index (κ1) is 20.9. The molecule has 0 saturated carbocycles. The largest absolute Gasteiger partial charge is 0.489 e. The first-order valence-corrected chi connectivity index (χ1v) is 10.5. The van der Waals surface area contributed by atoms with Crippen LogP contribution in [0.5, 0.6) is 5.75 Å². The van der Waals surface area contributed by atoms with Crippen molar-refractivity contribution >= 4 is 28.6 Å². The average Bonchev–Trinajstić information content (AvgIpc) is 3.09. The van der Waals surface area contributed by atoms with E-state index in [1.807, 2.05) is 67.6 Å². The Hall–Kier alpha value is -3.31. The predicted molar refractivity (Wildman–Crippen MR) is 122 cm³/mol. The fraction of sp³-hybridized carbons (Fsp3) is 0.200. The van der Waals surface area contributed by atoms with Gasteiger partial charge in [0.1, 0.15) is 18.2 Å². The Morgan fingerprint density at radius 2 is 1.87 bits per heavy atom. The predicted octanol–water partition coefficient (Wildman–Crippen LogP) is 5.80. The molecule has 4 rings (SSSR count). The van der Waals surface area contributed by atoms with E-state index in [4.69, 9.17) is 21.1 Å². The number of hydrogen-bond acceptors (Lipinski definition) is 4. The number of esters is 1. The summed E-state index contributed by atoms with van der Waals surface area (Å²) >= 11 is 6.59. The lowest BCUT2D eigenvalue weighted by Gasteiger charge is -2.12. The van der Waals surface area contributed by atoms with Gasteiger partial charge >= 0.3 is 5.97 Å². The lowest BCUT2D eigenvalue weighted by Crippen LogP contribution is -2.06. The molecule has 0 fully saturated rings. The number of fused-ring (bicyclic) bond motifs is 1. The molecule has 1 heterocycles. The van der Waals surface area contributed by atoms with Gasteiger partial charge in [-0.05, 0) is 61.4 Å². The van der Waals surface area contributed by atoms with Crippen molar-refractivity contribution in [1.29, 1.82) is 0 Å². The van der Waals surface area contributed by atoms with Gasteiger partial charge in [0.2, 0.25) is 0 Å². The van der Waals surface area contributed by atoms with E-state index in [1.54, 1.807) is 13.0 Å². The Morgan fingerprint density at radius 1 is 1.06 bits per heavy atom. The molecule has 3 aromatic carbocycles. The molecule has 5 nitrogen and oxygen atoms in total. The zero-order valence-corrected chi connectivity index (χ0v) is 18.2. The SMILES string of the molecule is CCOC(=O)c1ccc2nc(C)n(Cc3ccc(COc4ccccc4)cc3Cl)c2c1. The van der Waals surface area contributed by atoms with Crippen LogP contribution in [0, 0.1) is 6.92 Å². The van der Waals surface area contributed by atoms with Crippen molar-refractivity contribution in [3.05, 3.63) is 94.3 Å². The molecule has 31 heavy (non-hydrogen) atoms. The highest BCUT2D eigenvalue weighted by molar-refractivity contribution is 6.31. The first-order chi connectivity index (χ1) is 15.0. The van der Waals surface area contributed by atoms with E-state index >= 15 is 0 Å². The van der Waals surface area contributed by atoms with Gasteiger partial charge in [0.25, 0.3) is 0 Å². The van der Waals surface area contributed by atoms with Crippen LogP contribution in [-0.4, -0.2) is 22.1 Å². The molecule has 6 heteroatoms. The number of hydrogen-bond donors (Lipinski definition) is 0. The van der Waals surface area contributed by atoms with Crippen molar-refractivity contribution in [2.45, 2.75) is 27.0 Å². The third kappa shape index (κ3) is 4.72. The van der Waals surface area contributed by atoms with Crippen LogP contribution in [0.1, 0.15) is 34.2 Å². The van der Waals surface area contributed by atoms with Crippen LogP contribution in [0.15, 0.2) is 66.7 Å². The van der Waals surface area contributed by atoms with Gasteiger partial charge in [0, 0.05) is 5.02 Å². The van der Waals surface area contributed by atoms with Crippen molar-refractivity contribution in [1.82, 2.24) is 9.55 Å². The van der Waals surface area contributed by atoms with Gasteiger partial charge in [-0.1, -0.05) is 41.9 Å². The number of aryl methyl sites for hydroxylation is 1. The Bertz CT molecular complexity index is 1220. The van der Waals surface area contributed by atoms with Gasteiger partial charge in [0.05, 0.1) is 29.7 Å². The maximum absolute atomic E-state index is 12.1. The summed E-state index contributed by atoms with van der Waals surface area (Å²) in [6, 6.07) is 21.0. The number of benzene rings is 3. The fourth-order valence-electron chi connectivity index (χ4n) is 3.45. The molecule has 158 valence electrons. The second-order valence-corrected chi connectivity index (χ2v) is 7.60. The van der Waals surface area contributed by atoms with Crippen molar-refractivity contribution in [2.75, 3.05) is 6.61 Å². The summed E-state index contributed by atoms with van der Waals surface area (Å²) < 4.78 is 13.0. The zero-order chi connectivity index (χ0) is 21.8. The van der Waals surface area contributed by atoms with Crippen molar-refractivity contribution < 1.29 is 14.3 Å². The monoisotopic (exact) mass is 434 g/mol. The van der Waals surface area contributed by atoms with Gasteiger partial charge in [-0.3, -0.25) is 0 Å². The highest BCUT2D eigenvalue weighted by atomic mass is 35.5. The molecule has 0 unspecified atom stereocenters. The van der Waals surface area contributed by atoms with Gasteiger partial charge < -0.3 is 14.0 Å². The molecule has 0 aliphatic heterocycles. The summed E-state index contributed by atoms with van der Waals surface area (Å²) in [5, 5.41) is 0.664. The van der Waals surface area contributed by atoms with Crippen LogP contribution < -0.4 is 4.74 Å². The molecule has 4 aromatic rings. The Balaban J connectivity index is 1.56. The highest BCUT2D eigenvalue weighted by Gasteiger charge is 2.14. The van der Waals surface area contributed by atoms with Crippen LogP contribution >= 0.6 is 11.6 Å². The minimum Gasteiger partial charge on any atom is -0.489 e. The number of aromatic nitrogens is 2. The number of carbonyl (C=O) groups excluding carboxylic acids is 1. The lowest BCUT2D eigenvalue weighted by molar-refractivity contribution is 0.0526. The fourth-order valence-corrected chi connectivity index (χ4v) is 3.71. The summed E-state index contributed by atoms with van der Waals surface area (Å²) in [6.45, 7) is 5.07. The lowest BCUT2D eigenvalue weighted by atomic mass is 10.1. The summed E-state index contributed by atoms with van der Waals surface area (Å²) in [5.74, 6) is 1.33. The maximum atomic E-state index is 12.1. The molecule has 0 amide bonds. The van der Waals surface area contributed by atoms with Crippen LogP contribution in [0.2, 0.25) is 5.02 Å². The molecule has 0 atom stereocenters. The van der Waals surface area contributed by atoms with Crippen LogP contribution in [0.4, 0.5) is 0 Å². The zero-order valence-electron chi connectivity index (χ0n) is 17.5. The standard InChI is InChI=1S/C25H23ClN2O3/c1-3-30-25(29)19-11-12-23-24(14-19)28(17(2)27-23)15-20-10-9-18(13-22(20)26)16-31-21-7-5-4-6-8-21/h4-14H,3,15-16H2,1-2H3. The number of rotatable bonds is 7. The molecule has 0 aliphatic carbocycles. The highest BCUT2D eigenvalue weighted by Crippen LogP contribution is 2.24. The smallest absolute Gasteiger partial charge is 0.338 e. The first-order valence-electron chi connectivity index (χ1n) is 10.1. The van der Waals surface area contributed by atoms with E-state index in [0.717, 1.165) is 33.7 Å². The summed E-state index contributed by atoms with van der Waals surface area (Å²) in [7, 11) is 0. The summed E-state index contributed by atoms with van der Waals surface area (Å²) in [4.78, 5) is 16.7. The molecular weight excluding hydrogens is 412 g/mol. The molecule has 0 N–H and O–H groups in total. The Labute approximate surface area is 186 Å². The van der Waals surface area contributed by atoms with E-state index < -0.39 is 0 Å². The van der Waals surface area contributed by atoms with Gasteiger partial charge in [0.15, 0.2) is 0 Å². The number of imidazole rings is 1. The van der Waals surface area contributed by atoms with Gasteiger partial charge in [-0.25, -0.2) is 9.78 Å².